The van der Waals surface area contributed by atoms with E-state index in [4.69, 9.17) is 4.74 Å². The SMILES string of the molecule is CCC(CC)OCC(C)C(O)(CC)CC. The molecule has 0 aliphatic rings. The van der Waals surface area contributed by atoms with Gasteiger partial charge in [0.1, 0.15) is 0 Å². The molecule has 0 radical (unpaired) electrons. The van der Waals surface area contributed by atoms with E-state index in [2.05, 4.69) is 20.8 Å². The summed E-state index contributed by atoms with van der Waals surface area (Å²) in [6.07, 6.45) is 4.07. The molecule has 0 saturated carbocycles. The Labute approximate surface area is 95.0 Å². The molecule has 15 heavy (non-hydrogen) atoms. The molecule has 0 aliphatic heterocycles. The van der Waals surface area contributed by atoms with Crippen molar-refractivity contribution in [3.63, 3.8) is 0 Å². The molecule has 0 aliphatic carbocycles. The third-order valence-corrected chi connectivity index (χ3v) is 3.63. The van der Waals surface area contributed by atoms with Gasteiger partial charge < -0.3 is 9.84 Å². The summed E-state index contributed by atoms with van der Waals surface area (Å²) in [5, 5.41) is 10.3. The zero-order chi connectivity index (χ0) is 11.9. The third kappa shape index (κ3) is 4.52. The van der Waals surface area contributed by atoms with Gasteiger partial charge in [0.05, 0.1) is 18.3 Å². The van der Waals surface area contributed by atoms with Crippen LogP contribution in [0, 0.1) is 5.92 Å². The summed E-state index contributed by atoms with van der Waals surface area (Å²) >= 11 is 0. The van der Waals surface area contributed by atoms with Crippen LogP contribution in [0.15, 0.2) is 0 Å². The van der Waals surface area contributed by atoms with Crippen molar-refractivity contribution in [2.75, 3.05) is 6.61 Å². The molecule has 0 heterocycles. The topological polar surface area (TPSA) is 29.5 Å². The van der Waals surface area contributed by atoms with Gasteiger partial charge in [-0.05, 0) is 25.7 Å². The van der Waals surface area contributed by atoms with Gasteiger partial charge in [-0.3, -0.25) is 0 Å². The average molecular weight is 216 g/mol. The molecule has 1 unspecified atom stereocenters. The lowest BCUT2D eigenvalue weighted by Gasteiger charge is -2.33. The van der Waals surface area contributed by atoms with Crippen LogP contribution in [0.5, 0.6) is 0 Å². The Hall–Kier alpha value is -0.0800. The molecule has 2 nitrogen and oxygen atoms in total. The summed E-state index contributed by atoms with van der Waals surface area (Å²) in [6.45, 7) is 11.1. The van der Waals surface area contributed by atoms with E-state index in [1.807, 2.05) is 13.8 Å². The smallest absolute Gasteiger partial charge is 0.0689 e. The van der Waals surface area contributed by atoms with Gasteiger partial charge in [-0.2, -0.15) is 0 Å². The Kier molecular flexibility index (Phi) is 7.20. The average Bonchev–Trinajstić information content (AvgIpc) is 2.29. The first-order chi connectivity index (χ1) is 7.03. The zero-order valence-electron chi connectivity index (χ0n) is 11.0. The highest BCUT2D eigenvalue weighted by Gasteiger charge is 2.30. The maximum absolute atomic E-state index is 10.3. The van der Waals surface area contributed by atoms with Gasteiger partial charge in [-0.1, -0.05) is 34.6 Å². The van der Waals surface area contributed by atoms with E-state index in [0.717, 1.165) is 25.7 Å². The molecular weight excluding hydrogens is 188 g/mol. The summed E-state index contributed by atoms with van der Waals surface area (Å²) in [5.41, 5.74) is -0.550. The third-order valence-electron chi connectivity index (χ3n) is 3.63. The van der Waals surface area contributed by atoms with Crippen LogP contribution in [0.2, 0.25) is 0 Å². The molecule has 0 fully saturated rings. The van der Waals surface area contributed by atoms with E-state index in [9.17, 15) is 5.11 Å². The van der Waals surface area contributed by atoms with Gasteiger partial charge in [0, 0.05) is 5.92 Å². The van der Waals surface area contributed by atoms with Crippen LogP contribution in [0.25, 0.3) is 0 Å². The van der Waals surface area contributed by atoms with Gasteiger partial charge in [0.25, 0.3) is 0 Å². The van der Waals surface area contributed by atoms with Crippen LogP contribution >= 0.6 is 0 Å². The predicted molar refractivity (Wildman–Crippen MR) is 65.0 cm³/mol. The molecule has 0 aromatic rings. The fourth-order valence-electron chi connectivity index (χ4n) is 1.91. The number of rotatable bonds is 8. The van der Waals surface area contributed by atoms with Crippen LogP contribution in [0.4, 0.5) is 0 Å². The van der Waals surface area contributed by atoms with Crippen molar-refractivity contribution in [2.45, 2.75) is 72.0 Å². The maximum atomic E-state index is 10.3. The molecule has 0 saturated heterocycles. The number of hydrogen-bond donors (Lipinski definition) is 1. The minimum absolute atomic E-state index is 0.216. The first-order valence-electron chi connectivity index (χ1n) is 6.37. The van der Waals surface area contributed by atoms with Crippen molar-refractivity contribution in [3.8, 4) is 0 Å². The number of hydrogen-bond acceptors (Lipinski definition) is 2. The van der Waals surface area contributed by atoms with Crippen molar-refractivity contribution in [1.29, 1.82) is 0 Å². The summed E-state index contributed by atoms with van der Waals surface area (Å²) in [7, 11) is 0. The maximum Gasteiger partial charge on any atom is 0.0689 e. The molecule has 0 aromatic carbocycles. The molecule has 0 bridgehead atoms. The molecular formula is C13H28O2. The second-order valence-electron chi connectivity index (χ2n) is 4.48. The van der Waals surface area contributed by atoms with E-state index in [1.54, 1.807) is 0 Å². The van der Waals surface area contributed by atoms with Crippen LogP contribution in [0.1, 0.15) is 60.3 Å². The second-order valence-corrected chi connectivity index (χ2v) is 4.48. The normalized spacial score (nSPS) is 14.6. The van der Waals surface area contributed by atoms with Gasteiger partial charge in [0.2, 0.25) is 0 Å². The molecule has 0 rings (SSSR count). The Morgan fingerprint density at radius 2 is 1.53 bits per heavy atom. The molecule has 2 heteroatoms. The van der Waals surface area contributed by atoms with E-state index >= 15 is 0 Å². The number of ether oxygens (including phenoxy) is 1. The second kappa shape index (κ2) is 7.24. The highest BCUT2D eigenvalue weighted by atomic mass is 16.5. The van der Waals surface area contributed by atoms with Crippen molar-refractivity contribution >= 4 is 0 Å². The Morgan fingerprint density at radius 1 is 1.07 bits per heavy atom. The van der Waals surface area contributed by atoms with Crippen molar-refractivity contribution in [1.82, 2.24) is 0 Å². The zero-order valence-corrected chi connectivity index (χ0v) is 11.0. The van der Waals surface area contributed by atoms with Crippen molar-refractivity contribution in [3.05, 3.63) is 0 Å². The number of aliphatic hydroxyl groups is 1. The van der Waals surface area contributed by atoms with Crippen LogP contribution in [-0.4, -0.2) is 23.4 Å². The molecule has 92 valence electrons. The van der Waals surface area contributed by atoms with Gasteiger partial charge in [-0.15, -0.1) is 0 Å². The standard InChI is InChI=1S/C13H28O2/c1-6-12(7-2)15-10-11(5)13(14,8-3)9-4/h11-12,14H,6-10H2,1-5H3. The minimum atomic E-state index is -0.550. The predicted octanol–water partition coefficient (Wildman–Crippen LogP) is 3.38. The van der Waals surface area contributed by atoms with Crippen LogP contribution < -0.4 is 0 Å². The molecule has 1 N–H and O–H groups in total. The lowest BCUT2D eigenvalue weighted by atomic mass is 9.84. The molecule has 1 atom stereocenters. The highest BCUT2D eigenvalue weighted by Crippen LogP contribution is 2.25. The lowest BCUT2D eigenvalue weighted by Crippen LogP contribution is -2.38. The Morgan fingerprint density at radius 3 is 1.87 bits per heavy atom. The van der Waals surface area contributed by atoms with Crippen molar-refractivity contribution < 1.29 is 9.84 Å². The van der Waals surface area contributed by atoms with Crippen LogP contribution in [0.3, 0.4) is 0 Å². The van der Waals surface area contributed by atoms with Gasteiger partial charge in [0.15, 0.2) is 0 Å². The summed E-state index contributed by atoms with van der Waals surface area (Å²) in [5.74, 6) is 0.216. The summed E-state index contributed by atoms with van der Waals surface area (Å²) in [6, 6.07) is 0. The van der Waals surface area contributed by atoms with Gasteiger partial charge in [-0.25, -0.2) is 0 Å². The molecule has 0 amide bonds. The van der Waals surface area contributed by atoms with E-state index in [-0.39, 0.29) is 5.92 Å². The fourth-order valence-corrected chi connectivity index (χ4v) is 1.91. The van der Waals surface area contributed by atoms with E-state index in [0.29, 0.717) is 12.7 Å². The quantitative estimate of drug-likeness (QED) is 0.674. The molecule has 0 spiro atoms. The van der Waals surface area contributed by atoms with Crippen molar-refractivity contribution in [2.24, 2.45) is 5.92 Å². The highest BCUT2D eigenvalue weighted by molar-refractivity contribution is 4.81. The fraction of sp³-hybridized carbons (Fsp3) is 1.00. The van der Waals surface area contributed by atoms with E-state index in [1.165, 1.54) is 0 Å². The lowest BCUT2D eigenvalue weighted by molar-refractivity contribution is -0.0697. The van der Waals surface area contributed by atoms with E-state index < -0.39 is 5.60 Å². The minimum Gasteiger partial charge on any atom is -0.390 e. The Bertz CT molecular complexity index is 149. The summed E-state index contributed by atoms with van der Waals surface area (Å²) in [4.78, 5) is 0. The first-order valence-corrected chi connectivity index (χ1v) is 6.37. The monoisotopic (exact) mass is 216 g/mol. The Balaban J connectivity index is 4.06. The van der Waals surface area contributed by atoms with Gasteiger partial charge >= 0.3 is 0 Å². The largest absolute Gasteiger partial charge is 0.390 e. The first kappa shape index (κ1) is 14.9. The summed E-state index contributed by atoms with van der Waals surface area (Å²) < 4.78 is 5.79. The van der Waals surface area contributed by atoms with Crippen LogP contribution in [-0.2, 0) is 4.74 Å². The molecule has 0 aromatic heterocycles.